The van der Waals surface area contributed by atoms with Crippen LogP contribution in [0.3, 0.4) is 0 Å². The van der Waals surface area contributed by atoms with Crippen LogP contribution < -0.4 is 4.74 Å². The van der Waals surface area contributed by atoms with Crippen molar-refractivity contribution in [1.29, 1.82) is 0 Å². The lowest BCUT2D eigenvalue weighted by Gasteiger charge is -2.45. The van der Waals surface area contributed by atoms with E-state index >= 15 is 0 Å². The molecule has 0 bridgehead atoms. The summed E-state index contributed by atoms with van der Waals surface area (Å²) >= 11 is 1.17. The molecule has 4 aromatic rings. The quantitative estimate of drug-likeness (QED) is 0.213. The first-order chi connectivity index (χ1) is 22.2. The van der Waals surface area contributed by atoms with Gasteiger partial charge in [-0.05, 0) is 12.1 Å². The zero-order valence-electron chi connectivity index (χ0n) is 24.3. The summed E-state index contributed by atoms with van der Waals surface area (Å²) in [6.45, 7) is -0.298. The van der Waals surface area contributed by atoms with E-state index in [1.165, 1.54) is 53.9 Å². The fourth-order valence-electron chi connectivity index (χ4n) is 5.35. The van der Waals surface area contributed by atoms with E-state index in [1.54, 1.807) is 6.20 Å². The van der Waals surface area contributed by atoms with Crippen LogP contribution in [0.25, 0.3) is 22.8 Å². The Kier molecular flexibility index (Phi) is 9.50. The van der Waals surface area contributed by atoms with Crippen molar-refractivity contribution in [3.05, 3.63) is 54.4 Å². The number of rotatable bonds is 9. The molecule has 6 rings (SSSR count). The average molecular weight is 667 g/mol. The zero-order valence-corrected chi connectivity index (χ0v) is 25.1. The van der Waals surface area contributed by atoms with Crippen LogP contribution in [-0.2, 0) is 14.2 Å². The highest BCUT2D eigenvalue weighted by Gasteiger charge is 2.49. The van der Waals surface area contributed by atoms with Crippen LogP contribution in [0, 0.1) is 17.5 Å². The molecule has 5 heterocycles. The normalized spacial score (nSPS) is 28.3. The van der Waals surface area contributed by atoms with E-state index < -0.39 is 71.2 Å². The lowest BCUT2D eigenvalue weighted by atomic mass is 9.97. The number of aliphatic hydroxyl groups is 3. The van der Waals surface area contributed by atoms with Gasteiger partial charge in [0.1, 0.15) is 47.2 Å². The molecule has 0 aliphatic carbocycles. The molecule has 3 aromatic heterocycles. The highest BCUT2D eigenvalue weighted by Crippen LogP contribution is 2.41. The number of aliphatic hydroxyl groups excluding tert-OH is 3. The van der Waals surface area contributed by atoms with Gasteiger partial charge in [-0.15, -0.1) is 22.0 Å². The Balaban J connectivity index is 1.21. The van der Waals surface area contributed by atoms with Gasteiger partial charge in [-0.2, -0.15) is 0 Å². The van der Waals surface area contributed by atoms with E-state index in [0.29, 0.717) is 17.3 Å². The Bertz CT molecular complexity index is 1630. The number of halogens is 3. The fraction of sp³-hybridized carbons (Fsp3) is 0.481. The molecular weight excluding hydrogens is 637 g/mol. The summed E-state index contributed by atoms with van der Waals surface area (Å²) < 4.78 is 66.6. The van der Waals surface area contributed by atoms with Gasteiger partial charge < -0.3 is 34.3 Å². The van der Waals surface area contributed by atoms with E-state index in [-0.39, 0.29) is 24.5 Å². The number of aromatic nitrogens is 8. The molecule has 0 radical (unpaired) electrons. The van der Waals surface area contributed by atoms with Crippen molar-refractivity contribution in [2.45, 2.75) is 47.2 Å². The predicted octanol–water partition coefficient (Wildman–Crippen LogP) is 0.788. The second-order valence-corrected chi connectivity index (χ2v) is 11.9. The van der Waals surface area contributed by atoms with Crippen molar-refractivity contribution in [2.75, 3.05) is 34.0 Å². The van der Waals surface area contributed by atoms with Gasteiger partial charge in [0.15, 0.2) is 29.0 Å². The van der Waals surface area contributed by atoms with Gasteiger partial charge in [0, 0.05) is 12.7 Å². The third-order valence-electron chi connectivity index (χ3n) is 7.79. The summed E-state index contributed by atoms with van der Waals surface area (Å²) in [4.78, 5) is 8.42. The molecular formula is C27H29F3N8O7S. The van der Waals surface area contributed by atoms with Crippen LogP contribution in [0.15, 0.2) is 36.9 Å². The third kappa shape index (κ3) is 6.18. The van der Waals surface area contributed by atoms with Gasteiger partial charge in [-0.1, -0.05) is 10.4 Å². The molecule has 0 amide bonds. The molecule has 3 N–H and O–H groups in total. The Morgan fingerprint density at radius 1 is 0.957 bits per heavy atom. The molecule has 19 heteroatoms. The fourth-order valence-corrected chi connectivity index (χ4v) is 6.85. The van der Waals surface area contributed by atoms with Gasteiger partial charge in [0.2, 0.25) is 0 Å². The maximum absolute atomic E-state index is 13.9. The van der Waals surface area contributed by atoms with Crippen molar-refractivity contribution >= 4 is 11.8 Å². The number of methoxy groups -OCH3 is 2. The Labute approximate surface area is 263 Å². The summed E-state index contributed by atoms with van der Waals surface area (Å²) in [5, 5.41) is 48.3. The average Bonchev–Trinajstić information content (AvgIpc) is 3.76. The van der Waals surface area contributed by atoms with Crippen molar-refractivity contribution in [3.63, 3.8) is 0 Å². The molecule has 0 saturated carbocycles. The molecule has 8 atom stereocenters. The number of thioether (sulfide) groups is 1. The van der Waals surface area contributed by atoms with Crippen molar-refractivity contribution in [2.24, 2.45) is 0 Å². The molecule has 1 aromatic carbocycles. The number of hydrogen-bond acceptors (Lipinski definition) is 14. The van der Waals surface area contributed by atoms with Gasteiger partial charge in [-0.3, -0.25) is 0 Å². The van der Waals surface area contributed by atoms with Crippen molar-refractivity contribution in [3.8, 4) is 28.5 Å². The minimum atomic E-state index is -1.62. The lowest BCUT2D eigenvalue weighted by molar-refractivity contribution is -0.186. The second-order valence-electron chi connectivity index (χ2n) is 10.5. The summed E-state index contributed by atoms with van der Waals surface area (Å²) in [7, 11) is 2.89. The van der Waals surface area contributed by atoms with E-state index in [0.717, 1.165) is 12.1 Å². The van der Waals surface area contributed by atoms with Gasteiger partial charge in [-0.25, -0.2) is 32.5 Å². The monoisotopic (exact) mass is 666 g/mol. The van der Waals surface area contributed by atoms with Gasteiger partial charge >= 0.3 is 0 Å². The lowest BCUT2D eigenvalue weighted by Crippen LogP contribution is -2.56. The highest BCUT2D eigenvalue weighted by atomic mass is 32.2. The van der Waals surface area contributed by atoms with Gasteiger partial charge in [0.05, 0.1) is 63.1 Å². The molecule has 15 nitrogen and oxygen atoms in total. The summed E-state index contributed by atoms with van der Waals surface area (Å²) in [6.07, 6.45) is 1.53. The number of hydrogen-bond donors (Lipinski definition) is 3. The summed E-state index contributed by atoms with van der Waals surface area (Å²) in [5.74, 6) is -3.62. The zero-order chi connectivity index (χ0) is 32.5. The Hall–Kier alpha value is -3.72. The SMILES string of the molecule is COc1cnc(-c2cn([C@H]3COC[C@@H](S[C@@H]4O[C@H](CO)[C@H](O)[C@H](n5cc(-c6cc(F)c(F)c(F)c6)nn5)[C@H]4OC)[C@@H]3O)nn2)nc1. The first-order valence-corrected chi connectivity index (χ1v) is 14.9. The molecule has 2 fully saturated rings. The molecule has 2 aliphatic rings. The van der Waals surface area contributed by atoms with E-state index in [1.807, 2.05) is 0 Å². The molecule has 0 spiro atoms. The first-order valence-electron chi connectivity index (χ1n) is 14.0. The van der Waals surface area contributed by atoms with Gasteiger partial charge in [0.25, 0.3) is 0 Å². The summed E-state index contributed by atoms with van der Waals surface area (Å²) in [5.41, 5.74) is -0.570. The van der Waals surface area contributed by atoms with Crippen molar-refractivity contribution < 1.29 is 47.4 Å². The van der Waals surface area contributed by atoms with Crippen LogP contribution in [0.4, 0.5) is 13.2 Å². The smallest absolute Gasteiger partial charge is 0.194 e. The van der Waals surface area contributed by atoms with Crippen LogP contribution >= 0.6 is 11.8 Å². The minimum Gasteiger partial charge on any atom is -0.494 e. The van der Waals surface area contributed by atoms with Crippen LogP contribution in [0.1, 0.15) is 12.1 Å². The number of nitrogens with zero attached hydrogens (tertiary/aromatic N) is 8. The van der Waals surface area contributed by atoms with Crippen LogP contribution in [0.2, 0.25) is 0 Å². The standard InChI is InChI=1S/C27H29F3N8O7S/c1-42-13-5-31-26(32-6-13)17-8-37(35-34-17)18-10-44-11-20(23(18)40)46-27-25(43-2)22(24(41)19(9-39)45-27)38-7-16(33-36-38)12-3-14(28)21(30)15(29)4-12/h3-8,18-20,22-25,27,39-41H,9-11H2,1-2H3/t18-,19+,20+,22-,23+,24-,25+,27-/m0/s1. The van der Waals surface area contributed by atoms with E-state index in [4.69, 9.17) is 18.9 Å². The molecule has 246 valence electrons. The number of ether oxygens (including phenoxy) is 4. The summed E-state index contributed by atoms with van der Waals surface area (Å²) in [6, 6.07) is -0.0810. The second kappa shape index (κ2) is 13.6. The molecule has 0 unspecified atom stereocenters. The molecule has 46 heavy (non-hydrogen) atoms. The molecule has 2 aliphatic heterocycles. The highest BCUT2D eigenvalue weighted by molar-refractivity contribution is 8.00. The Morgan fingerprint density at radius 2 is 1.63 bits per heavy atom. The predicted molar refractivity (Wildman–Crippen MR) is 152 cm³/mol. The van der Waals surface area contributed by atoms with Crippen LogP contribution in [-0.4, -0.2) is 124 Å². The van der Waals surface area contributed by atoms with Crippen LogP contribution in [0.5, 0.6) is 5.75 Å². The number of benzene rings is 1. The Morgan fingerprint density at radius 3 is 2.30 bits per heavy atom. The third-order valence-corrected chi connectivity index (χ3v) is 9.20. The maximum atomic E-state index is 13.9. The molecule has 2 saturated heterocycles. The topological polar surface area (TPSA) is 185 Å². The van der Waals surface area contributed by atoms with E-state index in [9.17, 15) is 28.5 Å². The minimum absolute atomic E-state index is 0.00211. The maximum Gasteiger partial charge on any atom is 0.194 e. The largest absolute Gasteiger partial charge is 0.494 e. The van der Waals surface area contributed by atoms with E-state index in [2.05, 4.69) is 30.6 Å². The van der Waals surface area contributed by atoms with Crippen molar-refractivity contribution in [1.82, 2.24) is 40.0 Å². The first kappa shape index (κ1) is 32.2.